The maximum atomic E-state index is 6.00. The fraction of sp³-hybridized carbons (Fsp3) is 0.250. The molecule has 0 spiro atoms. The van der Waals surface area contributed by atoms with Gasteiger partial charge in [-0.3, -0.25) is 10.7 Å². The molecule has 1 atom stereocenters. The Morgan fingerprint density at radius 3 is 2.79 bits per heavy atom. The average molecular weight is 385 g/mol. The van der Waals surface area contributed by atoms with Crippen LogP contribution >= 0.6 is 15.9 Å². The smallest absolute Gasteiger partial charge is 0.151 e. The normalized spacial score (nSPS) is 15.0. The summed E-state index contributed by atoms with van der Waals surface area (Å²) in [5.41, 5.74) is 10.6. The molecular weight excluding hydrogens is 364 g/mol. The van der Waals surface area contributed by atoms with E-state index in [9.17, 15) is 0 Å². The summed E-state index contributed by atoms with van der Waals surface area (Å²) in [6, 6.07) is 14.4. The quantitative estimate of drug-likeness (QED) is 0.610. The molecule has 0 fully saturated rings. The maximum Gasteiger partial charge on any atom is 0.151 e. The van der Waals surface area contributed by atoms with Crippen LogP contribution in [0.1, 0.15) is 30.0 Å². The van der Waals surface area contributed by atoms with Gasteiger partial charge in [0, 0.05) is 28.6 Å². The summed E-state index contributed by atoms with van der Waals surface area (Å²) in [6.45, 7) is 2.78. The summed E-state index contributed by atoms with van der Waals surface area (Å²) >= 11 is 3.48. The Morgan fingerprint density at radius 1 is 1.25 bits per heavy atom. The van der Waals surface area contributed by atoms with Crippen molar-refractivity contribution in [1.29, 1.82) is 0 Å². The van der Waals surface area contributed by atoms with Crippen molar-refractivity contribution >= 4 is 21.6 Å². The Morgan fingerprint density at radius 2 is 2.04 bits per heavy atom. The van der Waals surface area contributed by atoms with Crippen molar-refractivity contribution in [1.82, 2.24) is 0 Å². The molecule has 124 valence electrons. The predicted molar refractivity (Wildman–Crippen MR) is 103 cm³/mol. The number of hydrogen-bond donors (Lipinski definition) is 1. The molecule has 2 aromatic carbocycles. The first-order valence-corrected chi connectivity index (χ1v) is 8.94. The number of allylic oxidation sites excluding steroid dienone is 1. The molecule has 4 heteroatoms. The van der Waals surface area contributed by atoms with Crippen LogP contribution in [-0.4, -0.2) is 18.5 Å². The third-order valence-electron chi connectivity index (χ3n) is 3.99. The van der Waals surface area contributed by atoms with E-state index < -0.39 is 0 Å². The van der Waals surface area contributed by atoms with Gasteiger partial charge < -0.3 is 4.74 Å². The first-order chi connectivity index (χ1) is 11.7. The Balaban J connectivity index is 1.83. The largest absolute Gasteiger partial charge is 0.475 e. The molecule has 1 heterocycles. The molecule has 0 aliphatic carbocycles. The second-order valence-corrected chi connectivity index (χ2v) is 6.68. The fourth-order valence-electron chi connectivity index (χ4n) is 2.80. The molecule has 1 unspecified atom stereocenters. The van der Waals surface area contributed by atoms with E-state index in [1.54, 1.807) is 0 Å². The summed E-state index contributed by atoms with van der Waals surface area (Å²) in [7, 11) is 0. The van der Waals surface area contributed by atoms with Crippen molar-refractivity contribution in [3.05, 3.63) is 75.8 Å². The van der Waals surface area contributed by atoms with Crippen LogP contribution < -0.4 is 10.5 Å². The highest BCUT2D eigenvalue weighted by Gasteiger charge is 2.17. The van der Waals surface area contributed by atoms with Crippen LogP contribution in [0.5, 0.6) is 5.75 Å². The van der Waals surface area contributed by atoms with Crippen LogP contribution in [0.4, 0.5) is 0 Å². The molecule has 0 saturated heterocycles. The fourth-order valence-corrected chi connectivity index (χ4v) is 3.07. The van der Waals surface area contributed by atoms with Crippen LogP contribution in [0.15, 0.2) is 64.1 Å². The number of fused-ring (bicyclic) bond motifs is 1. The monoisotopic (exact) mass is 384 g/mol. The van der Waals surface area contributed by atoms with Crippen molar-refractivity contribution in [2.75, 3.05) is 6.54 Å². The van der Waals surface area contributed by atoms with Gasteiger partial charge in [-0.25, -0.2) is 0 Å². The van der Waals surface area contributed by atoms with E-state index in [0.717, 1.165) is 34.5 Å². The number of benzene rings is 2. The van der Waals surface area contributed by atoms with E-state index >= 15 is 0 Å². The number of hydrogen-bond acceptors (Lipinski definition) is 3. The molecule has 0 aromatic heterocycles. The molecule has 1 aliphatic rings. The standard InChI is InChI=1S/C20H21BrN2O/c1-2-3-4-19(22)24-17-9-10-18-15(13-17)11-12-23-20(18)14-5-7-16(21)8-6-14/h2-3,5-10,13,19H,4,11-12,22H2,1H3/b3-2+. The van der Waals surface area contributed by atoms with Crippen LogP contribution in [0.25, 0.3) is 0 Å². The lowest BCUT2D eigenvalue weighted by Gasteiger charge is -2.20. The van der Waals surface area contributed by atoms with Crippen LogP contribution in [-0.2, 0) is 6.42 Å². The number of nitrogens with two attached hydrogens (primary N) is 1. The Bertz CT molecular complexity index is 766. The highest BCUT2D eigenvalue weighted by Crippen LogP contribution is 2.26. The lowest BCUT2D eigenvalue weighted by atomic mass is 9.93. The van der Waals surface area contributed by atoms with E-state index in [-0.39, 0.29) is 6.23 Å². The first-order valence-electron chi connectivity index (χ1n) is 8.14. The number of halogens is 1. The second-order valence-electron chi connectivity index (χ2n) is 5.77. The molecular formula is C20H21BrN2O. The van der Waals surface area contributed by atoms with E-state index in [0.29, 0.717) is 6.42 Å². The molecule has 24 heavy (non-hydrogen) atoms. The summed E-state index contributed by atoms with van der Waals surface area (Å²) in [5.74, 6) is 0.822. The van der Waals surface area contributed by atoms with Crippen molar-refractivity contribution in [2.45, 2.75) is 26.0 Å². The Hall–Kier alpha value is -1.91. The zero-order chi connectivity index (χ0) is 16.9. The lowest BCUT2D eigenvalue weighted by Crippen LogP contribution is -2.26. The van der Waals surface area contributed by atoms with Gasteiger partial charge in [0.05, 0.1) is 5.71 Å². The predicted octanol–water partition coefficient (Wildman–Crippen LogP) is 4.47. The Labute approximate surface area is 151 Å². The van der Waals surface area contributed by atoms with Crippen molar-refractivity contribution in [3.8, 4) is 5.75 Å². The minimum Gasteiger partial charge on any atom is -0.475 e. The molecule has 0 radical (unpaired) electrons. The van der Waals surface area contributed by atoms with Gasteiger partial charge in [0.1, 0.15) is 5.75 Å². The minimum absolute atomic E-state index is 0.317. The SMILES string of the molecule is C/C=C/CC(N)Oc1ccc2c(c1)CCN=C2c1ccc(Br)cc1. The van der Waals surface area contributed by atoms with Gasteiger partial charge in [-0.2, -0.15) is 0 Å². The number of aliphatic imine (C=N–C) groups is 1. The summed E-state index contributed by atoms with van der Waals surface area (Å²) in [6.07, 6.45) is 5.32. The van der Waals surface area contributed by atoms with Crippen LogP contribution in [0.3, 0.4) is 0 Å². The lowest BCUT2D eigenvalue weighted by molar-refractivity contribution is 0.212. The number of rotatable bonds is 5. The third-order valence-corrected chi connectivity index (χ3v) is 4.52. The maximum absolute atomic E-state index is 6.00. The molecule has 3 nitrogen and oxygen atoms in total. The van der Waals surface area contributed by atoms with Crippen LogP contribution in [0, 0.1) is 0 Å². The number of nitrogens with zero attached hydrogens (tertiary/aromatic N) is 1. The molecule has 0 amide bonds. The van der Waals surface area contributed by atoms with Gasteiger partial charge in [-0.05, 0) is 49.2 Å². The van der Waals surface area contributed by atoms with E-state index in [4.69, 9.17) is 15.5 Å². The Kier molecular flexibility index (Phi) is 5.48. The van der Waals surface area contributed by atoms with Crippen molar-refractivity contribution in [2.24, 2.45) is 10.7 Å². The molecule has 2 N–H and O–H groups in total. The van der Waals surface area contributed by atoms with Gasteiger partial charge in [-0.15, -0.1) is 0 Å². The van der Waals surface area contributed by atoms with Gasteiger partial charge in [0.15, 0.2) is 6.23 Å². The average Bonchev–Trinajstić information content (AvgIpc) is 2.60. The summed E-state index contributed by atoms with van der Waals surface area (Å²) < 4.78 is 6.89. The van der Waals surface area contributed by atoms with Crippen LogP contribution in [0.2, 0.25) is 0 Å². The first kappa shape index (κ1) is 16.9. The van der Waals surface area contributed by atoms with Gasteiger partial charge in [0.2, 0.25) is 0 Å². The van der Waals surface area contributed by atoms with Gasteiger partial charge in [-0.1, -0.05) is 40.2 Å². The highest BCUT2D eigenvalue weighted by atomic mass is 79.9. The van der Waals surface area contributed by atoms with E-state index in [1.165, 1.54) is 11.1 Å². The summed E-state index contributed by atoms with van der Waals surface area (Å²) in [5, 5.41) is 0. The van der Waals surface area contributed by atoms with Gasteiger partial charge >= 0.3 is 0 Å². The van der Waals surface area contributed by atoms with Gasteiger partial charge in [0.25, 0.3) is 0 Å². The zero-order valence-electron chi connectivity index (χ0n) is 13.7. The van der Waals surface area contributed by atoms with Crippen molar-refractivity contribution in [3.63, 3.8) is 0 Å². The molecule has 0 bridgehead atoms. The second kappa shape index (κ2) is 7.77. The molecule has 3 rings (SSSR count). The highest BCUT2D eigenvalue weighted by molar-refractivity contribution is 9.10. The minimum atomic E-state index is -0.317. The topological polar surface area (TPSA) is 47.6 Å². The molecule has 1 aliphatic heterocycles. The van der Waals surface area contributed by atoms with E-state index in [2.05, 4.69) is 40.2 Å². The molecule has 0 saturated carbocycles. The number of ether oxygens (including phenoxy) is 1. The third kappa shape index (κ3) is 3.94. The van der Waals surface area contributed by atoms with E-state index in [1.807, 2.05) is 37.3 Å². The summed E-state index contributed by atoms with van der Waals surface area (Å²) in [4.78, 5) is 4.73. The molecule has 2 aromatic rings. The van der Waals surface area contributed by atoms with Crippen molar-refractivity contribution < 1.29 is 4.74 Å². The zero-order valence-corrected chi connectivity index (χ0v) is 15.3.